The van der Waals surface area contributed by atoms with E-state index in [4.69, 9.17) is 26.8 Å². The molecule has 1 aromatic heterocycles. The topological polar surface area (TPSA) is 70.3 Å². The molecule has 0 atom stereocenters. The molecule has 2 rings (SSSR count). The van der Waals surface area contributed by atoms with Crippen molar-refractivity contribution in [2.45, 2.75) is 13.3 Å². The first-order chi connectivity index (χ1) is 10.0. The molecule has 0 bridgehead atoms. The average Bonchev–Trinajstić information content (AvgIpc) is 2.45. The van der Waals surface area contributed by atoms with Crippen LogP contribution in [0.1, 0.15) is 13.3 Å². The molecule has 0 saturated carbocycles. The Hall–Kier alpha value is -1.60. The van der Waals surface area contributed by atoms with Crippen molar-refractivity contribution in [1.82, 2.24) is 9.97 Å². The lowest BCUT2D eigenvalue weighted by Gasteiger charge is -2.12. The molecule has 0 aliphatic heterocycles. The van der Waals surface area contributed by atoms with Gasteiger partial charge in [0.1, 0.15) is 17.9 Å². The van der Waals surface area contributed by atoms with Crippen LogP contribution in [-0.4, -0.2) is 16.6 Å². The Kier molecular flexibility index (Phi) is 5.19. The third kappa shape index (κ3) is 3.74. The Morgan fingerprint density at radius 2 is 2.05 bits per heavy atom. The fourth-order valence-corrected chi connectivity index (χ4v) is 2.17. The zero-order valence-electron chi connectivity index (χ0n) is 11.1. The van der Waals surface area contributed by atoms with E-state index < -0.39 is 5.82 Å². The van der Waals surface area contributed by atoms with Crippen molar-refractivity contribution < 1.29 is 13.9 Å². The molecule has 21 heavy (non-hydrogen) atoms. The molecule has 1 aromatic carbocycles. The molecule has 2 aromatic rings. The molecule has 2 N–H and O–H groups in total. The minimum absolute atomic E-state index is 0.0168. The summed E-state index contributed by atoms with van der Waals surface area (Å²) in [5.41, 5.74) is 6.03. The summed E-state index contributed by atoms with van der Waals surface area (Å²) in [4.78, 5) is 7.85. The van der Waals surface area contributed by atoms with Gasteiger partial charge in [-0.2, -0.15) is 9.97 Å². The molecule has 0 aliphatic carbocycles. The van der Waals surface area contributed by atoms with E-state index in [2.05, 4.69) is 25.9 Å². The minimum Gasteiger partial charge on any atom is -0.476 e. The number of hydrogen-bond acceptors (Lipinski definition) is 5. The van der Waals surface area contributed by atoms with Gasteiger partial charge in [-0.1, -0.05) is 18.5 Å². The number of nitrogens with zero attached hydrogens (tertiary/aromatic N) is 2. The van der Waals surface area contributed by atoms with Gasteiger partial charge in [0.2, 0.25) is 11.8 Å². The number of aromatic nitrogens is 2. The molecule has 0 spiro atoms. The van der Waals surface area contributed by atoms with Crippen LogP contribution >= 0.6 is 27.5 Å². The van der Waals surface area contributed by atoms with Gasteiger partial charge in [0.15, 0.2) is 5.69 Å². The van der Waals surface area contributed by atoms with Crippen molar-refractivity contribution >= 4 is 33.2 Å². The summed E-state index contributed by atoms with van der Waals surface area (Å²) in [6, 6.07) is 2.53. The zero-order chi connectivity index (χ0) is 15.4. The van der Waals surface area contributed by atoms with Crippen LogP contribution in [0.25, 0.3) is 0 Å². The Bertz CT molecular complexity index is 658. The van der Waals surface area contributed by atoms with E-state index in [0.29, 0.717) is 11.1 Å². The highest BCUT2D eigenvalue weighted by Crippen LogP contribution is 2.36. The Morgan fingerprint density at radius 1 is 1.33 bits per heavy atom. The van der Waals surface area contributed by atoms with Crippen LogP contribution < -0.4 is 15.2 Å². The number of halogens is 3. The molecule has 8 heteroatoms. The van der Waals surface area contributed by atoms with Crippen molar-refractivity contribution in [3.63, 3.8) is 0 Å². The SMILES string of the molecule is CCCOc1ncnc(Oc2cc(F)c(Cl)cc2Br)c1N. The maximum absolute atomic E-state index is 13.5. The van der Waals surface area contributed by atoms with E-state index in [-0.39, 0.29) is 28.2 Å². The van der Waals surface area contributed by atoms with Gasteiger partial charge >= 0.3 is 0 Å². The highest BCUT2D eigenvalue weighted by molar-refractivity contribution is 9.10. The molecule has 112 valence electrons. The van der Waals surface area contributed by atoms with Crippen LogP contribution in [0.4, 0.5) is 10.1 Å². The quantitative estimate of drug-likeness (QED) is 0.792. The van der Waals surface area contributed by atoms with E-state index in [1.807, 2.05) is 6.92 Å². The molecule has 0 saturated heterocycles. The maximum Gasteiger partial charge on any atom is 0.249 e. The molecular formula is C13H12BrClFN3O2. The van der Waals surface area contributed by atoms with Crippen LogP contribution in [-0.2, 0) is 0 Å². The van der Waals surface area contributed by atoms with Crippen molar-refractivity contribution in [3.05, 3.63) is 33.8 Å². The van der Waals surface area contributed by atoms with Crippen LogP contribution in [0.2, 0.25) is 5.02 Å². The molecule has 0 amide bonds. The van der Waals surface area contributed by atoms with E-state index >= 15 is 0 Å². The highest BCUT2D eigenvalue weighted by Gasteiger charge is 2.14. The number of rotatable bonds is 5. The largest absolute Gasteiger partial charge is 0.476 e. The molecule has 0 unspecified atom stereocenters. The normalized spacial score (nSPS) is 10.5. The smallest absolute Gasteiger partial charge is 0.249 e. The van der Waals surface area contributed by atoms with Gasteiger partial charge in [-0.3, -0.25) is 0 Å². The average molecular weight is 377 g/mol. The standard InChI is InChI=1S/C13H12BrClFN3O2/c1-2-3-20-12-11(17)13(19-6-18-12)21-10-5-9(16)8(15)4-7(10)14/h4-6H,2-3,17H2,1H3. The van der Waals surface area contributed by atoms with Crippen LogP contribution in [0.5, 0.6) is 17.5 Å². The summed E-state index contributed by atoms with van der Waals surface area (Å²) in [5.74, 6) is -0.0976. The van der Waals surface area contributed by atoms with Gasteiger partial charge in [-0.25, -0.2) is 4.39 Å². The Morgan fingerprint density at radius 3 is 2.76 bits per heavy atom. The van der Waals surface area contributed by atoms with E-state index in [1.165, 1.54) is 12.4 Å². The predicted octanol–water partition coefficient (Wildman–Crippen LogP) is 4.19. The number of nitrogens with two attached hydrogens (primary N) is 1. The summed E-state index contributed by atoms with van der Waals surface area (Å²) >= 11 is 8.90. The van der Waals surface area contributed by atoms with Crippen molar-refractivity contribution in [2.75, 3.05) is 12.3 Å². The predicted molar refractivity (Wildman–Crippen MR) is 81.4 cm³/mol. The summed E-state index contributed by atoms with van der Waals surface area (Å²) in [7, 11) is 0. The van der Waals surface area contributed by atoms with E-state index in [1.54, 1.807) is 0 Å². The number of ether oxygens (including phenoxy) is 2. The Labute approximate surface area is 134 Å². The molecule has 0 aliphatic rings. The zero-order valence-corrected chi connectivity index (χ0v) is 13.4. The summed E-state index contributed by atoms with van der Waals surface area (Å²) < 4.78 is 24.8. The first-order valence-corrected chi connectivity index (χ1v) is 7.25. The van der Waals surface area contributed by atoms with Gasteiger partial charge in [0, 0.05) is 6.07 Å². The molecule has 0 fully saturated rings. The number of benzene rings is 1. The lowest BCUT2D eigenvalue weighted by molar-refractivity contribution is 0.304. The van der Waals surface area contributed by atoms with Crippen LogP contribution in [0, 0.1) is 5.82 Å². The second kappa shape index (κ2) is 6.91. The van der Waals surface area contributed by atoms with E-state index in [0.717, 1.165) is 12.5 Å². The fraction of sp³-hybridized carbons (Fsp3) is 0.231. The summed E-state index contributed by atoms with van der Waals surface area (Å²) in [5, 5.41) is -0.0168. The monoisotopic (exact) mass is 375 g/mol. The lowest BCUT2D eigenvalue weighted by Crippen LogP contribution is -2.04. The number of hydrogen-bond donors (Lipinski definition) is 1. The molecular weight excluding hydrogens is 365 g/mol. The van der Waals surface area contributed by atoms with Crippen molar-refractivity contribution in [3.8, 4) is 17.5 Å². The van der Waals surface area contributed by atoms with Crippen molar-refractivity contribution in [1.29, 1.82) is 0 Å². The number of anilines is 1. The Balaban J connectivity index is 2.29. The second-order valence-corrected chi connectivity index (χ2v) is 5.31. The minimum atomic E-state index is -0.607. The van der Waals surface area contributed by atoms with Gasteiger partial charge in [0.25, 0.3) is 0 Å². The third-order valence-electron chi connectivity index (χ3n) is 2.44. The highest BCUT2D eigenvalue weighted by atomic mass is 79.9. The van der Waals surface area contributed by atoms with Gasteiger partial charge in [-0.05, 0) is 28.4 Å². The first-order valence-electron chi connectivity index (χ1n) is 6.08. The van der Waals surface area contributed by atoms with Crippen LogP contribution in [0.15, 0.2) is 22.9 Å². The molecule has 1 heterocycles. The summed E-state index contributed by atoms with van der Waals surface area (Å²) in [6.07, 6.45) is 2.07. The van der Waals surface area contributed by atoms with Crippen molar-refractivity contribution in [2.24, 2.45) is 0 Å². The fourth-order valence-electron chi connectivity index (χ4n) is 1.45. The van der Waals surface area contributed by atoms with Gasteiger partial charge in [-0.15, -0.1) is 0 Å². The first kappa shape index (κ1) is 15.8. The third-order valence-corrected chi connectivity index (χ3v) is 3.34. The number of nitrogen functional groups attached to an aromatic ring is 1. The van der Waals surface area contributed by atoms with Gasteiger partial charge in [0.05, 0.1) is 16.1 Å². The second-order valence-electron chi connectivity index (χ2n) is 4.04. The molecule has 0 radical (unpaired) electrons. The summed E-state index contributed by atoms with van der Waals surface area (Å²) in [6.45, 7) is 2.43. The molecule has 5 nitrogen and oxygen atoms in total. The lowest BCUT2D eigenvalue weighted by atomic mass is 10.3. The van der Waals surface area contributed by atoms with Crippen LogP contribution in [0.3, 0.4) is 0 Å². The van der Waals surface area contributed by atoms with Gasteiger partial charge < -0.3 is 15.2 Å². The van der Waals surface area contributed by atoms with E-state index in [9.17, 15) is 4.39 Å². The maximum atomic E-state index is 13.5.